The Morgan fingerprint density at radius 3 is 2.86 bits per heavy atom. The van der Waals surface area contributed by atoms with Crippen molar-refractivity contribution in [3.63, 3.8) is 0 Å². The number of pyridine rings is 1. The second-order valence-electron chi connectivity index (χ2n) is 6.35. The maximum Gasteiger partial charge on any atom is 0.140 e. The maximum atomic E-state index is 4.74. The molecule has 0 amide bonds. The molecular weight excluding hydrogens is 272 g/mol. The summed E-state index contributed by atoms with van der Waals surface area (Å²) in [5, 5.41) is 8.96. The van der Waals surface area contributed by atoms with Crippen molar-refractivity contribution < 1.29 is 0 Å². The van der Waals surface area contributed by atoms with E-state index in [1.807, 2.05) is 12.3 Å². The minimum absolute atomic E-state index is 0.604. The van der Waals surface area contributed by atoms with Crippen LogP contribution in [0.2, 0.25) is 0 Å². The number of benzene rings is 1. The predicted octanol–water partition coefficient (Wildman–Crippen LogP) is 3.89. The fourth-order valence-electron chi connectivity index (χ4n) is 4.03. The lowest BCUT2D eigenvalue weighted by atomic mass is 10.0. The molecule has 0 saturated heterocycles. The summed E-state index contributed by atoms with van der Waals surface area (Å²) in [5.74, 6) is 1.10. The van der Waals surface area contributed by atoms with Gasteiger partial charge in [0, 0.05) is 24.3 Å². The van der Waals surface area contributed by atoms with E-state index in [0.29, 0.717) is 6.04 Å². The number of anilines is 1. The van der Waals surface area contributed by atoms with Crippen LogP contribution in [0.4, 0.5) is 5.82 Å². The van der Waals surface area contributed by atoms with Crippen molar-refractivity contribution in [3.8, 4) is 11.3 Å². The van der Waals surface area contributed by atoms with Gasteiger partial charge in [-0.25, -0.2) is 4.98 Å². The molecule has 4 nitrogen and oxygen atoms in total. The van der Waals surface area contributed by atoms with Gasteiger partial charge in [0.05, 0.1) is 10.9 Å². The summed E-state index contributed by atoms with van der Waals surface area (Å²) in [6, 6.07) is 11.3. The molecule has 110 valence electrons. The zero-order chi connectivity index (χ0) is 14.5. The molecule has 3 aromatic rings. The number of nitrogens with one attached hydrogen (secondary N) is 1. The third kappa shape index (κ3) is 1.64. The van der Waals surface area contributed by atoms with E-state index in [4.69, 9.17) is 4.98 Å². The van der Waals surface area contributed by atoms with E-state index in [9.17, 15) is 0 Å². The molecule has 0 spiro atoms. The normalized spacial score (nSPS) is 17.7. The Morgan fingerprint density at radius 1 is 1.09 bits per heavy atom. The van der Waals surface area contributed by atoms with E-state index in [2.05, 4.69) is 39.4 Å². The summed E-state index contributed by atoms with van der Waals surface area (Å²) in [6.45, 7) is 0.934. The van der Waals surface area contributed by atoms with E-state index in [0.717, 1.165) is 23.6 Å². The summed E-state index contributed by atoms with van der Waals surface area (Å²) in [4.78, 5) is 7.26. The van der Waals surface area contributed by atoms with Crippen LogP contribution in [0.25, 0.3) is 22.2 Å². The van der Waals surface area contributed by atoms with E-state index < -0.39 is 0 Å². The number of rotatable bonds is 1. The molecular formula is C18H18N4. The van der Waals surface area contributed by atoms with Gasteiger partial charge in [0.25, 0.3) is 0 Å². The smallest absolute Gasteiger partial charge is 0.140 e. The number of aromatic amines is 1. The quantitative estimate of drug-likeness (QED) is 0.739. The van der Waals surface area contributed by atoms with Gasteiger partial charge in [-0.15, -0.1) is 0 Å². The van der Waals surface area contributed by atoms with Crippen LogP contribution >= 0.6 is 0 Å². The van der Waals surface area contributed by atoms with Gasteiger partial charge in [-0.05, 0) is 24.5 Å². The highest BCUT2D eigenvalue weighted by Gasteiger charge is 2.30. The molecule has 3 heterocycles. The highest BCUT2D eigenvalue weighted by molar-refractivity contribution is 6.02. The molecule has 5 rings (SSSR count). The summed E-state index contributed by atoms with van der Waals surface area (Å²) < 4.78 is 0. The van der Waals surface area contributed by atoms with Crippen molar-refractivity contribution in [3.05, 3.63) is 42.1 Å². The van der Waals surface area contributed by atoms with E-state index in [-0.39, 0.29) is 0 Å². The summed E-state index contributed by atoms with van der Waals surface area (Å²) >= 11 is 0. The van der Waals surface area contributed by atoms with Gasteiger partial charge in [-0.2, -0.15) is 5.10 Å². The van der Waals surface area contributed by atoms with Crippen LogP contribution < -0.4 is 4.90 Å². The van der Waals surface area contributed by atoms with E-state index in [1.165, 1.54) is 42.2 Å². The first-order valence-electron chi connectivity index (χ1n) is 8.10. The van der Waals surface area contributed by atoms with Gasteiger partial charge in [0.15, 0.2) is 0 Å². The van der Waals surface area contributed by atoms with Gasteiger partial charge in [0.2, 0.25) is 0 Å². The molecule has 1 aliphatic carbocycles. The molecule has 22 heavy (non-hydrogen) atoms. The van der Waals surface area contributed by atoms with Crippen molar-refractivity contribution in [2.75, 3.05) is 4.90 Å². The van der Waals surface area contributed by atoms with Gasteiger partial charge in [-0.1, -0.05) is 37.1 Å². The molecule has 0 unspecified atom stereocenters. The average molecular weight is 290 g/mol. The molecule has 1 aromatic carbocycles. The third-order valence-electron chi connectivity index (χ3n) is 5.11. The Morgan fingerprint density at radius 2 is 1.95 bits per heavy atom. The Labute approximate surface area is 129 Å². The third-order valence-corrected chi connectivity index (χ3v) is 5.11. The van der Waals surface area contributed by atoms with Crippen LogP contribution in [-0.2, 0) is 6.54 Å². The first kappa shape index (κ1) is 12.2. The van der Waals surface area contributed by atoms with Gasteiger partial charge in [0.1, 0.15) is 11.5 Å². The van der Waals surface area contributed by atoms with Gasteiger partial charge < -0.3 is 4.90 Å². The average Bonchev–Trinajstić information content (AvgIpc) is 3.19. The standard InChI is InChI=1S/C18H18N4/c1-4-8-14-12(5-1)11-22(13-6-2-3-7-13)18-16-15(9-10-19-18)20-21-17(14)16/h1,4-5,8-10,13H,2-3,6-7,11H2,(H,20,21). The van der Waals surface area contributed by atoms with Crippen molar-refractivity contribution in [1.82, 2.24) is 15.2 Å². The van der Waals surface area contributed by atoms with E-state index in [1.54, 1.807) is 0 Å². The predicted molar refractivity (Wildman–Crippen MR) is 87.8 cm³/mol. The molecule has 2 aromatic heterocycles. The number of hydrogen-bond acceptors (Lipinski definition) is 3. The molecule has 1 N–H and O–H groups in total. The van der Waals surface area contributed by atoms with Crippen molar-refractivity contribution in [1.29, 1.82) is 0 Å². The topological polar surface area (TPSA) is 44.8 Å². The minimum Gasteiger partial charge on any atom is -0.349 e. The van der Waals surface area contributed by atoms with Crippen LogP contribution in [0.15, 0.2) is 36.5 Å². The van der Waals surface area contributed by atoms with Gasteiger partial charge >= 0.3 is 0 Å². The molecule has 0 bridgehead atoms. The molecule has 1 fully saturated rings. The second-order valence-corrected chi connectivity index (χ2v) is 6.35. The Bertz CT molecular complexity index is 845. The van der Waals surface area contributed by atoms with E-state index >= 15 is 0 Å². The van der Waals surface area contributed by atoms with Crippen LogP contribution in [-0.4, -0.2) is 21.2 Å². The van der Waals surface area contributed by atoms with Crippen molar-refractivity contribution in [2.24, 2.45) is 0 Å². The monoisotopic (exact) mass is 290 g/mol. The number of nitrogens with zero attached hydrogens (tertiary/aromatic N) is 3. The molecule has 0 atom stereocenters. The second kappa shape index (κ2) is 4.57. The molecule has 1 aliphatic heterocycles. The van der Waals surface area contributed by atoms with Crippen LogP contribution in [0.3, 0.4) is 0 Å². The SMILES string of the molecule is c1ccc2c(c1)CN(C1CCCC1)c1nccc3[nH]nc-2c13. The van der Waals surface area contributed by atoms with Crippen LogP contribution in [0, 0.1) is 0 Å². The largest absolute Gasteiger partial charge is 0.349 e. The van der Waals surface area contributed by atoms with Crippen LogP contribution in [0.1, 0.15) is 31.2 Å². The summed E-state index contributed by atoms with van der Waals surface area (Å²) in [7, 11) is 0. The zero-order valence-corrected chi connectivity index (χ0v) is 12.4. The Hall–Kier alpha value is -2.36. The maximum absolute atomic E-state index is 4.74. The van der Waals surface area contributed by atoms with Crippen molar-refractivity contribution >= 4 is 16.7 Å². The van der Waals surface area contributed by atoms with Gasteiger partial charge in [-0.3, -0.25) is 5.10 Å². The molecule has 4 heteroatoms. The Kier molecular flexibility index (Phi) is 2.53. The summed E-state index contributed by atoms with van der Waals surface area (Å²) in [6.07, 6.45) is 7.10. The highest BCUT2D eigenvalue weighted by atomic mass is 15.2. The number of H-pyrrole nitrogens is 1. The molecule has 2 aliphatic rings. The fraction of sp³-hybridized carbons (Fsp3) is 0.333. The first-order valence-corrected chi connectivity index (χ1v) is 8.10. The first-order chi connectivity index (χ1) is 10.9. The Balaban J connectivity index is 1.81. The summed E-state index contributed by atoms with van der Waals surface area (Å²) in [5.41, 5.74) is 4.72. The van der Waals surface area contributed by atoms with Crippen molar-refractivity contribution in [2.45, 2.75) is 38.3 Å². The fourth-order valence-corrected chi connectivity index (χ4v) is 4.03. The lowest BCUT2D eigenvalue weighted by molar-refractivity contribution is 0.601. The molecule has 1 saturated carbocycles. The lowest BCUT2D eigenvalue weighted by Gasteiger charge is -2.30. The number of aromatic nitrogens is 3. The highest BCUT2D eigenvalue weighted by Crippen LogP contribution is 2.41. The minimum atomic E-state index is 0.604. The van der Waals surface area contributed by atoms with Crippen LogP contribution in [0.5, 0.6) is 0 Å². The molecule has 0 radical (unpaired) electrons. The number of fused-ring (bicyclic) bond motifs is 2. The zero-order valence-electron chi connectivity index (χ0n) is 12.4. The number of hydrogen-bond donors (Lipinski definition) is 1. The lowest BCUT2D eigenvalue weighted by Crippen LogP contribution is -2.33.